The van der Waals surface area contributed by atoms with E-state index in [1.165, 1.54) is 0 Å². The fourth-order valence-electron chi connectivity index (χ4n) is 2.79. The van der Waals surface area contributed by atoms with Crippen molar-refractivity contribution in [3.05, 3.63) is 59.7 Å². The van der Waals surface area contributed by atoms with Crippen molar-refractivity contribution in [1.82, 2.24) is 10.6 Å². The Morgan fingerprint density at radius 2 is 1.76 bits per heavy atom. The molecule has 2 rings (SSSR count). The van der Waals surface area contributed by atoms with Crippen LogP contribution in [0, 0.1) is 12.8 Å². The Morgan fingerprint density at radius 3 is 2.38 bits per heavy atom. The number of nitrogens with one attached hydrogen (secondary N) is 2. The SMILES string of the molecule is COc1ccc(C(=O)N[C@H](C(=O)NCCCOc2cccc(C)c2)C(C)C)cc1. The lowest BCUT2D eigenvalue weighted by Crippen LogP contribution is -2.50. The van der Waals surface area contributed by atoms with E-state index < -0.39 is 6.04 Å². The number of hydrogen-bond acceptors (Lipinski definition) is 4. The first kappa shape index (κ1) is 22.3. The second-order valence-electron chi connectivity index (χ2n) is 7.23. The maximum atomic E-state index is 12.5. The van der Waals surface area contributed by atoms with Gasteiger partial charge >= 0.3 is 0 Å². The fraction of sp³-hybridized carbons (Fsp3) is 0.391. The number of methoxy groups -OCH3 is 1. The number of carbonyl (C=O) groups excluding carboxylic acids is 2. The molecule has 0 unspecified atom stereocenters. The van der Waals surface area contributed by atoms with Gasteiger partial charge in [-0.25, -0.2) is 0 Å². The number of benzene rings is 2. The second-order valence-corrected chi connectivity index (χ2v) is 7.23. The first-order valence-electron chi connectivity index (χ1n) is 9.83. The highest BCUT2D eigenvalue weighted by Gasteiger charge is 2.24. The number of aryl methyl sites for hydroxylation is 1. The van der Waals surface area contributed by atoms with E-state index in [4.69, 9.17) is 9.47 Å². The van der Waals surface area contributed by atoms with Crippen molar-refractivity contribution in [2.45, 2.75) is 33.2 Å². The highest BCUT2D eigenvalue weighted by atomic mass is 16.5. The van der Waals surface area contributed by atoms with Gasteiger partial charge in [-0.15, -0.1) is 0 Å². The van der Waals surface area contributed by atoms with Gasteiger partial charge < -0.3 is 20.1 Å². The summed E-state index contributed by atoms with van der Waals surface area (Å²) in [6.07, 6.45) is 0.678. The minimum atomic E-state index is -0.609. The van der Waals surface area contributed by atoms with Crippen LogP contribution in [-0.2, 0) is 4.79 Å². The molecule has 2 N–H and O–H groups in total. The molecule has 0 bridgehead atoms. The van der Waals surface area contributed by atoms with Crippen LogP contribution in [0.4, 0.5) is 0 Å². The lowest BCUT2D eigenvalue weighted by molar-refractivity contribution is -0.123. The van der Waals surface area contributed by atoms with Crippen LogP contribution in [0.3, 0.4) is 0 Å². The fourth-order valence-corrected chi connectivity index (χ4v) is 2.79. The van der Waals surface area contributed by atoms with Crippen molar-refractivity contribution >= 4 is 11.8 Å². The molecule has 6 heteroatoms. The van der Waals surface area contributed by atoms with Gasteiger partial charge in [-0.2, -0.15) is 0 Å². The molecule has 0 heterocycles. The van der Waals surface area contributed by atoms with E-state index in [1.54, 1.807) is 31.4 Å². The average molecular weight is 399 g/mol. The van der Waals surface area contributed by atoms with Crippen LogP contribution in [-0.4, -0.2) is 38.1 Å². The molecule has 0 aromatic heterocycles. The van der Waals surface area contributed by atoms with Gasteiger partial charge in [0.25, 0.3) is 5.91 Å². The predicted molar refractivity (Wildman–Crippen MR) is 113 cm³/mol. The van der Waals surface area contributed by atoms with E-state index in [1.807, 2.05) is 45.0 Å². The molecule has 0 spiro atoms. The Labute approximate surface area is 172 Å². The molecule has 0 aliphatic heterocycles. The highest BCUT2D eigenvalue weighted by molar-refractivity contribution is 5.97. The maximum absolute atomic E-state index is 12.5. The summed E-state index contributed by atoms with van der Waals surface area (Å²) in [5, 5.41) is 5.70. The largest absolute Gasteiger partial charge is 0.497 e. The van der Waals surface area contributed by atoms with Gasteiger partial charge in [0.15, 0.2) is 0 Å². The van der Waals surface area contributed by atoms with Crippen molar-refractivity contribution in [3.8, 4) is 11.5 Å². The van der Waals surface area contributed by atoms with Crippen molar-refractivity contribution in [3.63, 3.8) is 0 Å². The topological polar surface area (TPSA) is 76.7 Å². The predicted octanol–water partition coefficient (Wildman–Crippen LogP) is 3.34. The van der Waals surface area contributed by atoms with Crippen molar-refractivity contribution < 1.29 is 19.1 Å². The summed E-state index contributed by atoms with van der Waals surface area (Å²) >= 11 is 0. The summed E-state index contributed by atoms with van der Waals surface area (Å²) < 4.78 is 10.8. The molecule has 0 saturated carbocycles. The number of rotatable bonds is 10. The van der Waals surface area contributed by atoms with Crippen molar-refractivity contribution in [2.24, 2.45) is 5.92 Å². The van der Waals surface area contributed by atoms with Crippen LogP contribution in [0.1, 0.15) is 36.2 Å². The van der Waals surface area contributed by atoms with Gasteiger partial charge in [-0.3, -0.25) is 9.59 Å². The second kappa shape index (κ2) is 11.1. The van der Waals surface area contributed by atoms with Gasteiger partial charge in [-0.1, -0.05) is 26.0 Å². The molecule has 1 atom stereocenters. The maximum Gasteiger partial charge on any atom is 0.251 e. The zero-order chi connectivity index (χ0) is 21.2. The molecule has 0 aliphatic rings. The van der Waals surface area contributed by atoms with E-state index in [-0.39, 0.29) is 17.7 Å². The standard InChI is InChI=1S/C23H30N2O4/c1-16(2)21(25-22(26)18-9-11-19(28-4)12-10-18)23(27)24-13-6-14-29-20-8-5-7-17(3)15-20/h5,7-12,15-16,21H,6,13-14H2,1-4H3,(H,24,27)(H,25,26)/t21-/m0/s1. The third kappa shape index (κ3) is 7.14. The minimum absolute atomic E-state index is 0.0410. The molecule has 2 aromatic carbocycles. The smallest absolute Gasteiger partial charge is 0.251 e. The van der Waals surface area contributed by atoms with E-state index in [9.17, 15) is 9.59 Å². The summed E-state index contributed by atoms with van der Waals surface area (Å²) in [4.78, 5) is 25.0. The first-order chi connectivity index (χ1) is 13.9. The molecule has 2 aromatic rings. The van der Waals surface area contributed by atoms with Crippen molar-refractivity contribution in [1.29, 1.82) is 0 Å². The Bertz CT molecular complexity index is 803. The highest BCUT2D eigenvalue weighted by Crippen LogP contribution is 2.13. The Kier molecular flexibility index (Phi) is 8.52. The summed E-state index contributed by atoms with van der Waals surface area (Å²) in [6.45, 7) is 6.80. The first-order valence-corrected chi connectivity index (χ1v) is 9.83. The van der Waals surface area contributed by atoms with Gasteiger partial charge in [-0.05, 0) is 61.2 Å². The van der Waals surface area contributed by atoms with Crippen LogP contribution >= 0.6 is 0 Å². The average Bonchev–Trinajstić information content (AvgIpc) is 2.71. The molecule has 0 saturated heterocycles. The number of carbonyl (C=O) groups is 2. The Balaban J connectivity index is 1.79. The lowest BCUT2D eigenvalue weighted by Gasteiger charge is -2.22. The summed E-state index contributed by atoms with van der Waals surface area (Å²) in [6, 6.07) is 14.0. The molecule has 156 valence electrons. The monoisotopic (exact) mass is 398 g/mol. The van der Waals surface area contributed by atoms with Crippen LogP contribution in [0.15, 0.2) is 48.5 Å². The van der Waals surface area contributed by atoms with Gasteiger partial charge in [0.05, 0.1) is 13.7 Å². The van der Waals surface area contributed by atoms with Crippen LogP contribution < -0.4 is 20.1 Å². The lowest BCUT2D eigenvalue weighted by atomic mass is 10.0. The van der Waals surface area contributed by atoms with E-state index >= 15 is 0 Å². The molecule has 2 amide bonds. The van der Waals surface area contributed by atoms with Gasteiger partial charge in [0.2, 0.25) is 5.91 Å². The number of amides is 2. The molecule has 6 nitrogen and oxygen atoms in total. The van der Waals surface area contributed by atoms with E-state index in [2.05, 4.69) is 10.6 Å². The molecule has 0 radical (unpaired) electrons. The van der Waals surface area contributed by atoms with E-state index in [0.29, 0.717) is 30.9 Å². The zero-order valence-electron chi connectivity index (χ0n) is 17.5. The normalized spacial score (nSPS) is 11.6. The van der Waals surface area contributed by atoms with Gasteiger partial charge in [0, 0.05) is 12.1 Å². The summed E-state index contributed by atoms with van der Waals surface area (Å²) in [7, 11) is 1.57. The number of hydrogen-bond donors (Lipinski definition) is 2. The van der Waals surface area contributed by atoms with E-state index in [0.717, 1.165) is 11.3 Å². The molecule has 0 fully saturated rings. The number of ether oxygens (including phenoxy) is 2. The summed E-state index contributed by atoms with van der Waals surface area (Å²) in [5.41, 5.74) is 1.62. The van der Waals surface area contributed by atoms with Gasteiger partial charge in [0.1, 0.15) is 17.5 Å². The third-order valence-corrected chi connectivity index (χ3v) is 4.47. The van der Waals surface area contributed by atoms with Crippen LogP contribution in [0.2, 0.25) is 0 Å². The molecular formula is C23H30N2O4. The van der Waals surface area contributed by atoms with Crippen LogP contribution in [0.5, 0.6) is 11.5 Å². The zero-order valence-corrected chi connectivity index (χ0v) is 17.5. The Hall–Kier alpha value is -3.02. The molecule has 0 aliphatic carbocycles. The minimum Gasteiger partial charge on any atom is -0.497 e. The van der Waals surface area contributed by atoms with Crippen molar-refractivity contribution in [2.75, 3.05) is 20.3 Å². The molecule has 29 heavy (non-hydrogen) atoms. The quantitative estimate of drug-likeness (QED) is 0.602. The molecular weight excluding hydrogens is 368 g/mol. The summed E-state index contributed by atoms with van der Waals surface area (Å²) in [5.74, 6) is 0.971. The van der Waals surface area contributed by atoms with Crippen LogP contribution in [0.25, 0.3) is 0 Å². The third-order valence-electron chi connectivity index (χ3n) is 4.47. The Morgan fingerprint density at radius 1 is 1.03 bits per heavy atom.